The molecule has 0 N–H and O–H groups in total. The molecule has 2 heterocycles. The first-order chi connectivity index (χ1) is 20.5. The fourth-order valence-electron chi connectivity index (χ4n) is 3.80. The van der Waals surface area contributed by atoms with E-state index in [0.29, 0.717) is 37.1 Å². The summed E-state index contributed by atoms with van der Waals surface area (Å²) in [6.45, 7) is 0. The fourth-order valence-corrected chi connectivity index (χ4v) is 4.11. The molecule has 0 fully saturated rings. The summed E-state index contributed by atoms with van der Waals surface area (Å²) in [7, 11) is 0. The summed E-state index contributed by atoms with van der Waals surface area (Å²) in [6.07, 6.45) is 11.1. The van der Waals surface area contributed by atoms with E-state index in [9.17, 15) is 9.59 Å². The van der Waals surface area contributed by atoms with Crippen LogP contribution in [0.3, 0.4) is 0 Å². The van der Waals surface area contributed by atoms with Crippen LogP contribution in [-0.4, -0.2) is 20.2 Å². The molecule has 0 aliphatic rings. The highest BCUT2D eigenvalue weighted by Gasteiger charge is 2.06. The van der Waals surface area contributed by atoms with Crippen LogP contribution in [0.1, 0.15) is 97.8 Å². The van der Waals surface area contributed by atoms with Crippen molar-refractivity contribution in [3.63, 3.8) is 0 Å². The Hall–Kier alpha value is -4.20. The van der Waals surface area contributed by atoms with E-state index in [-0.39, 0.29) is 10.2 Å². The number of nitrogens with zero attached hydrogens (tertiary/aromatic N) is 2. The van der Waals surface area contributed by atoms with Gasteiger partial charge < -0.3 is 0 Å². The van der Waals surface area contributed by atoms with Gasteiger partial charge in [0.2, 0.25) is 0 Å². The molecule has 0 saturated heterocycles. The van der Waals surface area contributed by atoms with Crippen molar-refractivity contribution in [2.45, 2.75) is 64.2 Å². The lowest BCUT2D eigenvalue weighted by Crippen LogP contribution is -1.93. The lowest BCUT2D eigenvalue weighted by atomic mass is 9.98. The molecule has 3 aromatic rings. The van der Waals surface area contributed by atoms with E-state index in [4.69, 9.17) is 0 Å². The zero-order chi connectivity index (χ0) is 29.8. The van der Waals surface area contributed by atoms with Crippen LogP contribution in [0.4, 0.5) is 0 Å². The maximum atomic E-state index is 11.1. The summed E-state index contributed by atoms with van der Waals surface area (Å²) < 4.78 is 0. The third kappa shape index (κ3) is 13.0. The first-order valence-electron chi connectivity index (χ1n) is 14.0. The van der Waals surface area contributed by atoms with Crippen LogP contribution < -0.4 is 0 Å². The smallest absolute Gasteiger partial charge is 0.185 e. The van der Waals surface area contributed by atoms with Gasteiger partial charge in [0.05, 0.1) is 0 Å². The van der Waals surface area contributed by atoms with Gasteiger partial charge in [-0.05, 0) is 73.9 Å². The summed E-state index contributed by atoms with van der Waals surface area (Å²) >= 11 is 7.66. The number of carbonyl (C=O) groups excluding carboxylic acids is 2. The molecule has 0 aliphatic carbocycles. The largest absolute Gasteiger partial charge is 0.288 e. The van der Waals surface area contributed by atoms with Gasteiger partial charge in [0.25, 0.3) is 0 Å². The number of carbonyl (C=O) groups is 2. The third-order valence-corrected chi connectivity index (χ3v) is 6.42. The molecule has 2 aromatic heterocycles. The molecule has 0 radical (unpaired) electrons. The van der Waals surface area contributed by atoms with Gasteiger partial charge in [-0.3, -0.25) is 9.59 Å². The van der Waals surface area contributed by atoms with Crippen LogP contribution in [-0.2, 0) is 9.59 Å². The number of benzene rings is 1. The lowest BCUT2D eigenvalue weighted by molar-refractivity contribution is -0.111. The van der Waals surface area contributed by atoms with Gasteiger partial charge in [0, 0.05) is 60.3 Å². The van der Waals surface area contributed by atoms with Crippen molar-refractivity contribution in [1.82, 2.24) is 9.97 Å². The minimum Gasteiger partial charge on any atom is -0.288 e. The van der Waals surface area contributed by atoms with Gasteiger partial charge in [0.15, 0.2) is 10.2 Å². The fraction of sp³-hybridized carbons (Fsp3) is 0.278. The Kier molecular flexibility index (Phi) is 14.6. The quantitative estimate of drug-likeness (QED) is 0.156. The molecule has 4 nitrogen and oxygen atoms in total. The molecule has 0 spiro atoms. The number of aromatic nitrogens is 2. The van der Waals surface area contributed by atoms with E-state index in [0.717, 1.165) is 60.8 Å². The highest BCUT2D eigenvalue weighted by atomic mass is 32.1. The second-order valence-corrected chi connectivity index (χ2v) is 10.4. The van der Waals surface area contributed by atoms with Gasteiger partial charge in [-0.25, -0.2) is 9.97 Å². The summed E-state index contributed by atoms with van der Waals surface area (Å²) in [6, 6.07) is 15.1. The number of rotatable bonds is 10. The van der Waals surface area contributed by atoms with Crippen molar-refractivity contribution in [2.75, 3.05) is 0 Å². The zero-order valence-electron chi connectivity index (χ0n) is 23.4. The molecule has 42 heavy (non-hydrogen) atoms. The Morgan fingerprint density at radius 3 is 1.36 bits per heavy atom. The second kappa shape index (κ2) is 19.0. The van der Waals surface area contributed by atoms with Crippen LogP contribution in [0.25, 0.3) is 0 Å². The Morgan fingerprint density at radius 2 is 0.976 bits per heavy atom. The molecule has 0 unspecified atom stereocenters. The Labute approximate surface area is 260 Å². The number of unbranched alkanes of at least 4 members (excludes halogenated alkanes) is 6. The molecule has 6 heteroatoms. The van der Waals surface area contributed by atoms with E-state index in [1.807, 2.05) is 48.5 Å². The van der Waals surface area contributed by atoms with Crippen LogP contribution in [0.2, 0.25) is 0 Å². The molecule has 0 amide bonds. The topological polar surface area (TPSA) is 59.9 Å². The minimum absolute atomic E-state index is 0.0786. The van der Waals surface area contributed by atoms with E-state index < -0.39 is 0 Å². The van der Waals surface area contributed by atoms with Gasteiger partial charge in [-0.15, -0.1) is 25.3 Å². The van der Waals surface area contributed by atoms with E-state index in [1.165, 1.54) is 0 Å². The average Bonchev–Trinajstić information content (AvgIpc) is 2.99. The van der Waals surface area contributed by atoms with E-state index in [1.54, 1.807) is 12.4 Å². The van der Waals surface area contributed by atoms with Crippen LogP contribution >= 0.6 is 25.3 Å². The van der Waals surface area contributed by atoms with E-state index >= 15 is 0 Å². The van der Waals surface area contributed by atoms with Crippen LogP contribution in [0, 0.1) is 47.4 Å². The molecule has 0 bridgehead atoms. The van der Waals surface area contributed by atoms with Crippen molar-refractivity contribution in [3.05, 3.63) is 94.6 Å². The molecule has 0 atom stereocenters. The number of pyridine rings is 2. The van der Waals surface area contributed by atoms with Crippen LogP contribution in [0.5, 0.6) is 0 Å². The Balaban J connectivity index is 1.93. The molecular formula is C36H32N2O2S2. The van der Waals surface area contributed by atoms with Crippen molar-refractivity contribution in [3.8, 4) is 47.4 Å². The van der Waals surface area contributed by atoms with Crippen molar-refractivity contribution in [2.24, 2.45) is 0 Å². The predicted octanol–water partition coefficient (Wildman–Crippen LogP) is 6.79. The van der Waals surface area contributed by atoms with E-state index in [2.05, 4.69) is 82.6 Å². The summed E-state index contributed by atoms with van der Waals surface area (Å²) in [5.74, 6) is 25.9. The summed E-state index contributed by atoms with van der Waals surface area (Å²) in [5, 5.41) is -0.157. The van der Waals surface area contributed by atoms with Gasteiger partial charge in [0.1, 0.15) is 11.4 Å². The molecular weight excluding hydrogens is 557 g/mol. The maximum absolute atomic E-state index is 11.1. The van der Waals surface area contributed by atoms with Crippen molar-refractivity contribution >= 4 is 35.5 Å². The standard InChI is InChI=1S/C36H32N2O2S2/c39-35(41)19-9-5-1-3-7-15-29-27-31(21-23-33-17-11-13-25-37-33)32(22-24-34-18-12-14-26-38-34)28-30(29)16-8-4-2-6-10-20-36(40)42/h11-14,17-18,25-28H,1-6,9-10,19-20H2,(H,39,41)(H,40,42). The first kappa shape index (κ1) is 32.3. The van der Waals surface area contributed by atoms with Gasteiger partial charge in [-0.2, -0.15) is 0 Å². The number of hydrogen-bond donors (Lipinski definition) is 2. The second-order valence-electron chi connectivity index (χ2n) is 9.39. The molecule has 3 rings (SSSR count). The monoisotopic (exact) mass is 588 g/mol. The molecule has 1 aromatic carbocycles. The zero-order valence-corrected chi connectivity index (χ0v) is 25.2. The first-order valence-corrected chi connectivity index (χ1v) is 14.9. The molecule has 210 valence electrons. The normalized spacial score (nSPS) is 9.57. The SMILES string of the molecule is O=C(S)CCCCCC#Cc1cc(C#Cc2ccccn2)c(C#Cc2ccccn2)cc1C#CCCCCCC(=O)S. The average molecular weight is 589 g/mol. The van der Waals surface area contributed by atoms with Crippen LogP contribution in [0.15, 0.2) is 60.9 Å². The number of thiol groups is 2. The van der Waals surface area contributed by atoms with Crippen molar-refractivity contribution < 1.29 is 9.59 Å². The third-order valence-electron chi connectivity index (χ3n) is 5.97. The Morgan fingerprint density at radius 1 is 0.548 bits per heavy atom. The number of hydrogen-bond acceptors (Lipinski definition) is 4. The van der Waals surface area contributed by atoms with Gasteiger partial charge >= 0.3 is 0 Å². The minimum atomic E-state index is -0.0786. The highest BCUT2D eigenvalue weighted by Crippen LogP contribution is 2.17. The predicted molar refractivity (Wildman–Crippen MR) is 175 cm³/mol. The van der Waals surface area contributed by atoms with Gasteiger partial charge in [-0.1, -0.05) is 60.5 Å². The van der Waals surface area contributed by atoms with Crippen molar-refractivity contribution in [1.29, 1.82) is 0 Å². The summed E-state index contributed by atoms with van der Waals surface area (Å²) in [4.78, 5) is 30.7. The summed E-state index contributed by atoms with van der Waals surface area (Å²) in [5.41, 5.74) is 4.39. The maximum Gasteiger partial charge on any atom is 0.185 e. The molecule has 0 aliphatic heterocycles. The molecule has 0 saturated carbocycles. The Bertz CT molecular complexity index is 1480. The lowest BCUT2D eigenvalue weighted by Gasteiger charge is -2.03. The highest BCUT2D eigenvalue weighted by molar-refractivity contribution is 7.96.